The van der Waals surface area contributed by atoms with E-state index in [-0.39, 0.29) is 0 Å². The Balaban J connectivity index is 2.27. The van der Waals surface area contributed by atoms with Crippen LogP contribution in [-0.4, -0.2) is 23.2 Å². The van der Waals surface area contributed by atoms with E-state index in [0.29, 0.717) is 13.2 Å². The van der Waals surface area contributed by atoms with Crippen LogP contribution in [0.3, 0.4) is 0 Å². The van der Waals surface area contributed by atoms with E-state index in [9.17, 15) is 0 Å². The van der Waals surface area contributed by atoms with Crippen molar-refractivity contribution >= 4 is 11.0 Å². The van der Waals surface area contributed by atoms with Crippen molar-refractivity contribution in [2.24, 2.45) is 0 Å². The summed E-state index contributed by atoms with van der Waals surface area (Å²) in [6.45, 7) is 1.19. The molecule has 3 rings (SSSR count). The van der Waals surface area contributed by atoms with Crippen molar-refractivity contribution in [3.05, 3.63) is 24.5 Å². The summed E-state index contributed by atoms with van der Waals surface area (Å²) in [4.78, 5) is 8.38. The van der Waals surface area contributed by atoms with Crippen molar-refractivity contribution in [1.82, 2.24) is 9.97 Å². The van der Waals surface area contributed by atoms with Crippen LogP contribution >= 0.6 is 0 Å². The molecule has 0 N–H and O–H groups in total. The van der Waals surface area contributed by atoms with E-state index < -0.39 is 0 Å². The lowest BCUT2D eigenvalue weighted by Crippen LogP contribution is -2.15. The van der Waals surface area contributed by atoms with E-state index in [4.69, 9.17) is 9.47 Å². The zero-order chi connectivity index (χ0) is 9.38. The van der Waals surface area contributed by atoms with Gasteiger partial charge in [0.25, 0.3) is 0 Å². The molecule has 70 valence electrons. The lowest BCUT2D eigenvalue weighted by Gasteiger charge is -2.18. The third-order valence-electron chi connectivity index (χ3n) is 2.13. The van der Waals surface area contributed by atoms with Crippen LogP contribution in [0.15, 0.2) is 24.5 Å². The van der Waals surface area contributed by atoms with Crippen LogP contribution in [0.2, 0.25) is 0 Å². The Kier molecular flexibility index (Phi) is 1.53. The highest BCUT2D eigenvalue weighted by Gasteiger charge is 2.12. The summed E-state index contributed by atoms with van der Waals surface area (Å²) in [5.41, 5.74) is 1.66. The minimum Gasteiger partial charge on any atom is -0.486 e. The molecule has 0 fully saturated rings. The molecule has 0 aliphatic carbocycles. The van der Waals surface area contributed by atoms with Crippen molar-refractivity contribution in [3.63, 3.8) is 0 Å². The summed E-state index contributed by atoms with van der Waals surface area (Å²) in [6.07, 6.45) is 3.33. The molecule has 0 bridgehead atoms. The van der Waals surface area contributed by atoms with Gasteiger partial charge in [-0.1, -0.05) is 0 Å². The van der Waals surface area contributed by atoms with E-state index in [1.807, 2.05) is 12.1 Å². The van der Waals surface area contributed by atoms with E-state index in [2.05, 4.69) is 9.97 Å². The molecule has 0 atom stereocenters. The minimum atomic E-state index is 0.596. The predicted molar refractivity (Wildman–Crippen MR) is 50.5 cm³/mol. The Labute approximate surface area is 80.5 Å². The van der Waals surface area contributed by atoms with E-state index in [1.165, 1.54) is 0 Å². The standard InChI is InChI=1S/C10H8N2O2/c1-2-12-8-6-10-9(5-7(8)11-1)13-3-4-14-10/h1-2,5-6H,3-4H2. The molecule has 0 radical (unpaired) electrons. The summed E-state index contributed by atoms with van der Waals surface area (Å²) < 4.78 is 10.9. The highest BCUT2D eigenvalue weighted by Crippen LogP contribution is 2.32. The number of hydrogen-bond acceptors (Lipinski definition) is 4. The number of fused-ring (bicyclic) bond motifs is 2. The van der Waals surface area contributed by atoms with Crippen LogP contribution in [0.1, 0.15) is 0 Å². The number of rotatable bonds is 0. The van der Waals surface area contributed by atoms with Gasteiger partial charge in [0.2, 0.25) is 0 Å². The molecule has 0 saturated carbocycles. The monoisotopic (exact) mass is 188 g/mol. The number of aromatic nitrogens is 2. The SMILES string of the molecule is c1cnc2cc3c(cc2n1)OCCO3. The quantitative estimate of drug-likeness (QED) is 0.626. The zero-order valence-electron chi connectivity index (χ0n) is 7.43. The predicted octanol–water partition coefficient (Wildman–Crippen LogP) is 1.40. The highest BCUT2D eigenvalue weighted by atomic mass is 16.6. The van der Waals surface area contributed by atoms with Gasteiger partial charge in [-0.25, -0.2) is 0 Å². The fourth-order valence-corrected chi connectivity index (χ4v) is 1.50. The van der Waals surface area contributed by atoms with Crippen molar-refractivity contribution in [2.75, 3.05) is 13.2 Å². The number of hydrogen-bond donors (Lipinski definition) is 0. The molecule has 1 aromatic heterocycles. The first-order valence-electron chi connectivity index (χ1n) is 4.44. The van der Waals surface area contributed by atoms with E-state index >= 15 is 0 Å². The number of nitrogens with zero attached hydrogens (tertiary/aromatic N) is 2. The molecule has 14 heavy (non-hydrogen) atoms. The second-order valence-electron chi connectivity index (χ2n) is 3.04. The fraction of sp³-hybridized carbons (Fsp3) is 0.200. The average molecular weight is 188 g/mol. The van der Waals surface area contributed by atoms with Gasteiger partial charge >= 0.3 is 0 Å². The minimum absolute atomic E-state index is 0.596. The van der Waals surface area contributed by atoms with Crippen LogP contribution in [-0.2, 0) is 0 Å². The second-order valence-corrected chi connectivity index (χ2v) is 3.04. The van der Waals surface area contributed by atoms with Gasteiger partial charge in [-0.3, -0.25) is 9.97 Å². The molecule has 0 saturated heterocycles. The summed E-state index contributed by atoms with van der Waals surface area (Å²) in [6, 6.07) is 3.72. The van der Waals surface area contributed by atoms with Gasteiger partial charge in [0, 0.05) is 24.5 Å². The molecule has 4 heteroatoms. The van der Waals surface area contributed by atoms with Gasteiger partial charge < -0.3 is 9.47 Å². The highest BCUT2D eigenvalue weighted by molar-refractivity contribution is 5.78. The fourth-order valence-electron chi connectivity index (χ4n) is 1.50. The molecule has 0 spiro atoms. The third-order valence-corrected chi connectivity index (χ3v) is 2.13. The van der Waals surface area contributed by atoms with Crippen LogP contribution in [0.4, 0.5) is 0 Å². The Morgan fingerprint density at radius 1 is 0.857 bits per heavy atom. The molecule has 4 nitrogen and oxygen atoms in total. The van der Waals surface area contributed by atoms with Gasteiger partial charge in [0.1, 0.15) is 13.2 Å². The third kappa shape index (κ3) is 1.08. The smallest absolute Gasteiger partial charge is 0.163 e. The number of benzene rings is 1. The normalized spacial score (nSPS) is 14.3. The second kappa shape index (κ2) is 2.83. The maximum Gasteiger partial charge on any atom is 0.163 e. The Hall–Kier alpha value is -1.84. The van der Waals surface area contributed by atoms with Crippen LogP contribution in [0.25, 0.3) is 11.0 Å². The van der Waals surface area contributed by atoms with Crippen LogP contribution in [0.5, 0.6) is 11.5 Å². The van der Waals surface area contributed by atoms with E-state index in [1.54, 1.807) is 12.4 Å². The maximum atomic E-state index is 5.44. The van der Waals surface area contributed by atoms with Gasteiger partial charge in [-0.2, -0.15) is 0 Å². The molecule has 1 aliphatic rings. The summed E-state index contributed by atoms with van der Waals surface area (Å²) in [5.74, 6) is 1.51. The average Bonchev–Trinajstić information content (AvgIpc) is 2.26. The molecule has 0 amide bonds. The largest absolute Gasteiger partial charge is 0.486 e. The van der Waals surface area contributed by atoms with Gasteiger partial charge in [-0.05, 0) is 0 Å². The van der Waals surface area contributed by atoms with Gasteiger partial charge in [-0.15, -0.1) is 0 Å². The van der Waals surface area contributed by atoms with Crippen molar-refractivity contribution < 1.29 is 9.47 Å². The summed E-state index contributed by atoms with van der Waals surface area (Å²) in [5, 5.41) is 0. The first kappa shape index (κ1) is 7.55. The molecule has 1 aliphatic heterocycles. The van der Waals surface area contributed by atoms with Crippen LogP contribution in [0, 0.1) is 0 Å². The van der Waals surface area contributed by atoms with Crippen molar-refractivity contribution in [1.29, 1.82) is 0 Å². The molecule has 2 heterocycles. The van der Waals surface area contributed by atoms with Gasteiger partial charge in [0.05, 0.1) is 11.0 Å². The summed E-state index contributed by atoms with van der Waals surface area (Å²) in [7, 11) is 0. The Morgan fingerprint density at radius 3 is 1.86 bits per heavy atom. The first-order valence-corrected chi connectivity index (χ1v) is 4.44. The zero-order valence-corrected chi connectivity index (χ0v) is 7.43. The first-order chi connectivity index (χ1) is 6.93. The van der Waals surface area contributed by atoms with Crippen LogP contribution < -0.4 is 9.47 Å². The Morgan fingerprint density at radius 2 is 1.36 bits per heavy atom. The lowest BCUT2D eigenvalue weighted by atomic mass is 10.2. The van der Waals surface area contributed by atoms with Crippen molar-refractivity contribution in [2.45, 2.75) is 0 Å². The van der Waals surface area contributed by atoms with Gasteiger partial charge in [0.15, 0.2) is 11.5 Å². The Bertz CT molecular complexity index is 440. The maximum absolute atomic E-state index is 5.44. The number of ether oxygens (including phenoxy) is 2. The van der Waals surface area contributed by atoms with Crippen molar-refractivity contribution in [3.8, 4) is 11.5 Å². The molecule has 0 unspecified atom stereocenters. The molecular formula is C10H8N2O2. The lowest BCUT2D eigenvalue weighted by molar-refractivity contribution is 0.172. The summed E-state index contributed by atoms with van der Waals surface area (Å²) >= 11 is 0. The molecular weight excluding hydrogens is 180 g/mol. The molecule has 1 aromatic carbocycles. The molecule has 2 aromatic rings. The topological polar surface area (TPSA) is 44.2 Å². The van der Waals surface area contributed by atoms with E-state index in [0.717, 1.165) is 22.5 Å².